The van der Waals surface area contributed by atoms with E-state index in [-0.39, 0.29) is 11.9 Å². The van der Waals surface area contributed by atoms with Crippen LogP contribution in [-0.2, 0) is 16.0 Å². The molecule has 1 aliphatic carbocycles. The van der Waals surface area contributed by atoms with Crippen LogP contribution in [0.1, 0.15) is 36.3 Å². The maximum atomic E-state index is 12.1. The van der Waals surface area contributed by atoms with Crippen molar-refractivity contribution < 1.29 is 9.53 Å². The number of carbonyl (C=O) groups is 1. The molecule has 1 aromatic rings. The highest BCUT2D eigenvalue weighted by atomic mass is 32.2. The van der Waals surface area contributed by atoms with Crippen molar-refractivity contribution in [2.75, 3.05) is 36.1 Å². The fourth-order valence-electron chi connectivity index (χ4n) is 2.77. The molecule has 0 bridgehead atoms. The predicted molar refractivity (Wildman–Crippen MR) is 84.0 cm³/mol. The number of rotatable bonds is 3. The maximum absolute atomic E-state index is 12.1. The number of carbonyl (C=O) groups excluding carboxylic acids is 1. The van der Waals surface area contributed by atoms with Crippen LogP contribution in [0.3, 0.4) is 0 Å². The third-order valence-corrected chi connectivity index (χ3v) is 5.93. The second-order valence-corrected chi connectivity index (χ2v) is 7.39. The van der Waals surface area contributed by atoms with Gasteiger partial charge in [0.2, 0.25) is 0 Å². The minimum absolute atomic E-state index is 0.0977. The predicted octanol–water partition coefficient (Wildman–Crippen LogP) is 2.68. The number of fused-ring (bicyclic) bond motifs is 1. The first-order chi connectivity index (χ1) is 9.79. The van der Waals surface area contributed by atoms with Crippen molar-refractivity contribution >= 4 is 34.2 Å². The second kappa shape index (κ2) is 6.35. The van der Waals surface area contributed by atoms with Crippen molar-refractivity contribution in [2.24, 2.45) is 0 Å². The third kappa shape index (κ3) is 2.81. The minimum atomic E-state index is -0.136. The zero-order valence-electron chi connectivity index (χ0n) is 11.8. The lowest BCUT2D eigenvalue weighted by Gasteiger charge is -2.25. The normalized spacial score (nSPS) is 22.4. The number of thiazole rings is 1. The van der Waals surface area contributed by atoms with Crippen molar-refractivity contribution in [3.63, 3.8) is 0 Å². The van der Waals surface area contributed by atoms with Crippen LogP contribution < -0.4 is 4.90 Å². The van der Waals surface area contributed by atoms with Crippen LogP contribution in [0.4, 0.5) is 5.13 Å². The summed E-state index contributed by atoms with van der Waals surface area (Å²) in [7, 11) is 0. The van der Waals surface area contributed by atoms with Crippen LogP contribution in [0.25, 0.3) is 0 Å². The molecule has 110 valence electrons. The van der Waals surface area contributed by atoms with Crippen LogP contribution in [-0.4, -0.2) is 42.2 Å². The summed E-state index contributed by atoms with van der Waals surface area (Å²) in [5.41, 5.74) is 0.993. The van der Waals surface area contributed by atoms with E-state index in [1.807, 2.05) is 18.7 Å². The van der Waals surface area contributed by atoms with E-state index in [0.717, 1.165) is 43.2 Å². The quantitative estimate of drug-likeness (QED) is 0.803. The molecule has 1 atom stereocenters. The first kappa shape index (κ1) is 14.2. The van der Waals surface area contributed by atoms with E-state index in [1.54, 1.807) is 11.3 Å². The Morgan fingerprint density at radius 1 is 1.45 bits per heavy atom. The largest absolute Gasteiger partial charge is 0.465 e. The summed E-state index contributed by atoms with van der Waals surface area (Å²) in [5, 5.41) is 1.10. The fraction of sp³-hybridized carbons (Fsp3) is 0.714. The summed E-state index contributed by atoms with van der Waals surface area (Å²) in [6.07, 6.45) is 3.00. The standard InChI is InChI=1S/C14H20N2O2S2/c1-2-18-13(17)10-4-3-5-11-12(10)15-14(20-11)16-6-8-19-9-7-16/h10H,2-9H2,1H3. The molecule has 0 amide bonds. The van der Waals surface area contributed by atoms with Crippen molar-refractivity contribution in [1.82, 2.24) is 4.98 Å². The van der Waals surface area contributed by atoms with E-state index in [0.29, 0.717) is 6.61 Å². The lowest BCUT2D eigenvalue weighted by molar-refractivity contribution is -0.145. The van der Waals surface area contributed by atoms with E-state index < -0.39 is 0 Å². The average Bonchev–Trinajstić information content (AvgIpc) is 2.92. The van der Waals surface area contributed by atoms with Gasteiger partial charge in [-0.15, -0.1) is 11.3 Å². The summed E-state index contributed by atoms with van der Waals surface area (Å²) in [5.74, 6) is 2.11. The number of thioether (sulfide) groups is 1. The average molecular weight is 312 g/mol. The van der Waals surface area contributed by atoms with Gasteiger partial charge in [-0.25, -0.2) is 4.98 Å². The van der Waals surface area contributed by atoms with Gasteiger partial charge in [0.25, 0.3) is 0 Å². The number of hydrogen-bond acceptors (Lipinski definition) is 6. The molecule has 1 unspecified atom stereocenters. The Hall–Kier alpha value is -0.750. The van der Waals surface area contributed by atoms with Crippen LogP contribution in [0.15, 0.2) is 0 Å². The molecule has 3 rings (SSSR count). The molecule has 2 aliphatic rings. The van der Waals surface area contributed by atoms with Crippen molar-refractivity contribution in [3.8, 4) is 0 Å². The summed E-state index contributed by atoms with van der Waals surface area (Å²) in [6, 6.07) is 0. The van der Waals surface area contributed by atoms with Crippen molar-refractivity contribution in [2.45, 2.75) is 32.1 Å². The summed E-state index contributed by atoms with van der Waals surface area (Å²) >= 11 is 3.78. The monoisotopic (exact) mass is 312 g/mol. The van der Waals surface area contributed by atoms with E-state index in [2.05, 4.69) is 4.90 Å². The molecule has 0 radical (unpaired) electrons. The molecule has 4 nitrogen and oxygen atoms in total. The maximum Gasteiger partial charge on any atom is 0.315 e. The topological polar surface area (TPSA) is 42.4 Å². The molecule has 1 fully saturated rings. The van der Waals surface area contributed by atoms with Crippen LogP contribution in [0.2, 0.25) is 0 Å². The van der Waals surface area contributed by atoms with Gasteiger partial charge in [-0.2, -0.15) is 11.8 Å². The Morgan fingerprint density at radius 2 is 2.25 bits per heavy atom. The van der Waals surface area contributed by atoms with Gasteiger partial charge in [0.05, 0.1) is 12.3 Å². The molecule has 6 heteroatoms. The summed E-state index contributed by atoms with van der Waals surface area (Å²) < 4.78 is 5.20. The van der Waals surface area contributed by atoms with Gasteiger partial charge in [0.1, 0.15) is 5.92 Å². The number of esters is 1. The third-order valence-electron chi connectivity index (χ3n) is 3.80. The number of hydrogen-bond donors (Lipinski definition) is 0. The van der Waals surface area contributed by atoms with Crippen LogP contribution in [0.5, 0.6) is 0 Å². The van der Waals surface area contributed by atoms with E-state index in [9.17, 15) is 4.79 Å². The first-order valence-electron chi connectivity index (χ1n) is 7.28. The molecule has 0 aromatic carbocycles. The van der Waals surface area contributed by atoms with E-state index in [1.165, 1.54) is 16.4 Å². The minimum Gasteiger partial charge on any atom is -0.465 e. The van der Waals surface area contributed by atoms with Crippen LogP contribution >= 0.6 is 23.1 Å². The molecular formula is C14H20N2O2S2. The Morgan fingerprint density at radius 3 is 3.00 bits per heavy atom. The Kier molecular flexibility index (Phi) is 4.51. The van der Waals surface area contributed by atoms with Gasteiger partial charge in [-0.05, 0) is 26.2 Å². The second-order valence-electron chi connectivity index (χ2n) is 5.10. The smallest absolute Gasteiger partial charge is 0.315 e. The van der Waals surface area contributed by atoms with Gasteiger partial charge in [-0.3, -0.25) is 4.79 Å². The van der Waals surface area contributed by atoms with Gasteiger partial charge < -0.3 is 9.64 Å². The molecule has 0 spiro atoms. The van der Waals surface area contributed by atoms with Gasteiger partial charge in [0, 0.05) is 29.5 Å². The van der Waals surface area contributed by atoms with E-state index in [4.69, 9.17) is 9.72 Å². The number of ether oxygens (including phenoxy) is 1. The summed E-state index contributed by atoms with van der Waals surface area (Å²) in [4.78, 5) is 20.5. The molecular weight excluding hydrogens is 292 g/mol. The van der Waals surface area contributed by atoms with E-state index >= 15 is 0 Å². The Balaban J connectivity index is 1.82. The zero-order valence-corrected chi connectivity index (χ0v) is 13.4. The highest BCUT2D eigenvalue weighted by molar-refractivity contribution is 7.99. The number of nitrogens with zero attached hydrogens (tertiary/aromatic N) is 2. The zero-order chi connectivity index (χ0) is 13.9. The molecule has 0 N–H and O–H groups in total. The first-order valence-corrected chi connectivity index (χ1v) is 9.25. The number of anilines is 1. The Bertz CT molecular complexity index is 484. The fourth-order valence-corrected chi connectivity index (χ4v) is 4.89. The van der Waals surface area contributed by atoms with Crippen molar-refractivity contribution in [1.29, 1.82) is 0 Å². The molecule has 2 heterocycles. The number of aryl methyl sites for hydroxylation is 1. The van der Waals surface area contributed by atoms with Crippen LogP contribution in [0, 0.1) is 0 Å². The van der Waals surface area contributed by atoms with Crippen molar-refractivity contribution in [3.05, 3.63) is 10.6 Å². The number of aromatic nitrogens is 1. The SMILES string of the molecule is CCOC(=O)C1CCCc2sc(N3CCSCC3)nc21. The molecule has 0 saturated carbocycles. The molecule has 20 heavy (non-hydrogen) atoms. The van der Waals surface area contributed by atoms with Gasteiger partial charge >= 0.3 is 5.97 Å². The van der Waals surface area contributed by atoms with Gasteiger partial charge in [0.15, 0.2) is 5.13 Å². The highest BCUT2D eigenvalue weighted by Gasteiger charge is 2.32. The lowest BCUT2D eigenvalue weighted by Crippen LogP contribution is -2.32. The summed E-state index contributed by atoms with van der Waals surface area (Å²) in [6.45, 7) is 4.45. The molecule has 1 saturated heterocycles. The molecule has 1 aromatic heterocycles. The highest BCUT2D eigenvalue weighted by Crippen LogP contribution is 2.38. The molecule has 1 aliphatic heterocycles. The lowest BCUT2D eigenvalue weighted by atomic mass is 9.91. The van der Waals surface area contributed by atoms with Gasteiger partial charge in [-0.1, -0.05) is 0 Å². The Labute approximate surface area is 127 Å².